The lowest BCUT2D eigenvalue weighted by Gasteiger charge is -2.29. The van der Waals surface area contributed by atoms with Crippen LogP contribution in [0.4, 0.5) is 4.39 Å². The molecular formula is C28H31ClFN5O2. The van der Waals surface area contributed by atoms with Crippen molar-refractivity contribution in [2.45, 2.75) is 77.8 Å². The second kappa shape index (κ2) is 9.80. The van der Waals surface area contributed by atoms with Crippen LogP contribution in [0.5, 0.6) is 11.8 Å². The molecule has 6 rings (SSSR count). The Balaban J connectivity index is 1.42. The maximum Gasteiger partial charge on any atom is 0.258 e. The Labute approximate surface area is 221 Å². The predicted molar refractivity (Wildman–Crippen MR) is 139 cm³/mol. The summed E-state index contributed by atoms with van der Waals surface area (Å²) in [6.45, 7) is 6.30. The van der Waals surface area contributed by atoms with E-state index in [0.29, 0.717) is 44.0 Å². The Morgan fingerprint density at radius 3 is 2.78 bits per heavy atom. The molecule has 0 atom stereocenters. The molecule has 1 saturated carbocycles. The second-order valence-corrected chi connectivity index (χ2v) is 10.8. The molecule has 0 spiro atoms. The Hall–Kier alpha value is -2.84. The van der Waals surface area contributed by atoms with E-state index in [4.69, 9.17) is 16.3 Å². The van der Waals surface area contributed by atoms with Gasteiger partial charge in [-0.3, -0.25) is 9.69 Å². The predicted octanol–water partition coefficient (Wildman–Crippen LogP) is 5.31. The lowest BCUT2D eigenvalue weighted by atomic mass is 9.79. The summed E-state index contributed by atoms with van der Waals surface area (Å²) in [7, 11) is 0. The van der Waals surface area contributed by atoms with E-state index in [2.05, 4.69) is 32.1 Å². The van der Waals surface area contributed by atoms with Crippen LogP contribution in [0.2, 0.25) is 5.28 Å². The van der Waals surface area contributed by atoms with Crippen LogP contribution in [0.1, 0.15) is 74.8 Å². The van der Waals surface area contributed by atoms with Gasteiger partial charge in [0.05, 0.1) is 11.3 Å². The number of aromatic nitrogens is 3. The van der Waals surface area contributed by atoms with Gasteiger partial charge in [0.1, 0.15) is 0 Å². The summed E-state index contributed by atoms with van der Waals surface area (Å²) in [5.74, 6) is -0.419. The van der Waals surface area contributed by atoms with Gasteiger partial charge in [-0.05, 0) is 73.8 Å². The van der Waals surface area contributed by atoms with Crippen LogP contribution in [-0.4, -0.2) is 44.9 Å². The Morgan fingerprint density at radius 2 is 2.03 bits per heavy atom. The summed E-state index contributed by atoms with van der Waals surface area (Å²) in [6, 6.07) is 0.588. The van der Waals surface area contributed by atoms with Crippen molar-refractivity contribution < 1.29 is 13.9 Å². The highest BCUT2D eigenvalue weighted by atomic mass is 35.5. The van der Waals surface area contributed by atoms with E-state index in [1.165, 1.54) is 12.8 Å². The molecule has 2 aromatic rings. The van der Waals surface area contributed by atoms with Crippen LogP contribution >= 0.6 is 11.6 Å². The van der Waals surface area contributed by atoms with E-state index in [9.17, 15) is 4.79 Å². The molecule has 0 bridgehead atoms. The minimum absolute atomic E-state index is 0.0655. The molecule has 4 heterocycles. The third-order valence-corrected chi connectivity index (χ3v) is 8.07. The third kappa shape index (κ3) is 4.55. The molecule has 0 saturated heterocycles. The quantitative estimate of drug-likeness (QED) is 0.517. The summed E-state index contributed by atoms with van der Waals surface area (Å²) in [4.78, 5) is 28.4. The zero-order chi connectivity index (χ0) is 25.7. The van der Waals surface area contributed by atoms with Crippen molar-refractivity contribution in [3.05, 3.63) is 56.4 Å². The smallest absolute Gasteiger partial charge is 0.258 e. The molecule has 1 N–H and O–H groups in total. The molecule has 4 aliphatic rings. The number of nitrogens with one attached hydrogen (secondary N) is 1. The number of aryl methyl sites for hydroxylation is 1. The van der Waals surface area contributed by atoms with Gasteiger partial charge in [-0.1, -0.05) is 18.9 Å². The minimum Gasteiger partial charge on any atom is -0.417 e. The summed E-state index contributed by atoms with van der Waals surface area (Å²) in [5, 5.41) is 3.05. The molecule has 7 nitrogen and oxygen atoms in total. The molecule has 37 heavy (non-hydrogen) atoms. The summed E-state index contributed by atoms with van der Waals surface area (Å²) >= 11 is 6.23. The topological polar surface area (TPSA) is 80.2 Å². The number of ether oxygens (including phenoxy) is 1. The molecule has 1 amide bonds. The number of pyridine rings is 1. The van der Waals surface area contributed by atoms with Gasteiger partial charge in [0.25, 0.3) is 11.8 Å². The number of halogens is 2. The van der Waals surface area contributed by atoms with Crippen LogP contribution in [0.3, 0.4) is 0 Å². The minimum atomic E-state index is -0.508. The fourth-order valence-corrected chi connectivity index (χ4v) is 6.10. The third-order valence-electron chi connectivity index (χ3n) is 7.90. The van der Waals surface area contributed by atoms with Gasteiger partial charge in [0.2, 0.25) is 11.2 Å². The Bertz CT molecular complexity index is 1350. The van der Waals surface area contributed by atoms with Crippen LogP contribution < -0.4 is 10.1 Å². The Morgan fingerprint density at radius 1 is 1.19 bits per heavy atom. The average Bonchev–Trinajstić information content (AvgIpc) is 3.72. The summed E-state index contributed by atoms with van der Waals surface area (Å²) in [6.07, 6.45) is 8.47. The van der Waals surface area contributed by atoms with E-state index >= 15 is 4.39 Å². The largest absolute Gasteiger partial charge is 0.417 e. The van der Waals surface area contributed by atoms with Crippen LogP contribution in [-0.2, 0) is 24.2 Å². The van der Waals surface area contributed by atoms with Crippen molar-refractivity contribution in [1.29, 1.82) is 0 Å². The van der Waals surface area contributed by atoms with E-state index < -0.39 is 5.82 Å². The van der Waals surface area contributed by atoms with Crippen LogP contribution in [0.15, 0.2) is 22.9 Å². The molecule has 2 aromatic heterocycles. The van der Waals surface area contributed by atoms with Gasteiger partial charge in [0, 0.05) is 49.4 Å². The number of hydrogen-bond donors (Lipinski definition) is 1. The van der Waals surface area contributed by atoms with Gasteiger partial charge >= 0.3 is 0 Å². The fourth-order valence-electron chi connectivity index (χ4n) is 5.92. The summed E-state index contributed by atoms with van der Waals surface area (Å²) < 4.78 is 22.4. The van der Waals surface area contributed by atoms with E-state index in [-0.39, 0.29) is 23.0 Å². The van der Waals surface area contributed by atoms with Gasteiger partial charge in [0.15, 0.2) is 5.82 Å². The molecule has 9 heteroatoms. The van der Waals surface area contributed by atoms with Crippen LogP contribution in [0.25, 0.3) is 5.57 Å². The number of nitrogens with zero attached hydrogens (tertiary/aromatic N) is 4. The zero-order valence-electron chi connectivity index (χ0n) is 21.3. The number of hydrogen-bond acceptors (Lipinski definition) is 6. The van der Waals surface area contributed by atoms with Crippen molar-refractivity contribution in [2.75, 3.05) is 13.1 Å². The average molecular weight is 524 g/mol. The summed E-state index contributed by atoms with van der Waals surface area (Å²) in [5.41, 5.74) is 6.66. The van der Waals surface area contributed by atoms with Gasteiger partial charge < -0.3 is 10.1 Å². The molecule has 0 aromatic carbocycles. The molecule has 2 aliphatic carbocycles. The van der Waals surface area contributed by atoms with E-state index in [1.807, 2.05) is 6.92 Å². The number of carbonyl (C=O) groups is 1. The maximum absolute atomic E-state index is 16.3. The van der Waals surface area contributed by atoms with Crippen molar-refractivity contribution in [3.8, 4) is 11.8 Å². The van der Waals surface area contributed by atoms with Crippen molar-refractivity contribution in [3.63, 3.8) is 0 Å². The zero-order valence-corrected chi connectivity index (χ0v) is 22.1. The van der Waals surface area contributed by atoms with Crippen molar-refractivity contribution in [2.24, 2.45) is 0 Å². The number of rotatable bonds is 6. The highest BCUT2D eigenvalue weighted by Crippen LogP contribution is 2.43. The highest BCUT2D eigenvalue weighted by Gasteiger charge is 2.35. The van der Waals surface area contributed by atoms with Crippen molar-refractivity contribution in [1.82, 2.24) is 25.2 Å². The second-order valence-electron chi connectivity index (χ2n) is 10.4. The van der Waals surface area contributed by atoms with E-state index in [0.717, 1.165) is 64.9 Å². The molecule has 2 aliphatic heterocycles. The standard InChI is InChI=1S/C28H31ClFN5O2/c1-3-4-18-19(22-15(2)9-11-31-25(22)36)8-5-16-13-32-27(24(30)23(16)18)37-26-20-14-35(17-6-7-17)12-10-21(20)33-28(29)34-26/h13,17H,3-12,14H2,1-2H3,(H,31,36). The van der Waals surface area contributed by atoms with E-state index in [1.54, 1.807) is 6.20 Å². The monoisotopic (exact) mass is 523 g/mol. The lowest BCUT2D eigenvalue weighted by Crippen LogP contribution is -2.33. The number of allylic oxidation sites excluding steroid dienone is 1. The van der Waals surface area contributed by atoms with Gasteiger partial charge in [-0.25, -0.2) is 14.4 Å². The fraction of sp³-hybridized carbons (Fsp3) is 0.500. The first kappa shape index (κ1) is 24.5. The highest BCUT2D eigenvalue weighted by molar-refractivity contribution is 6.28. The number of fused-ring (bicyclic) bond motifs is 2. The number of amides is 1. The lowest BCUT2D eigenvalue weighted by molar-refractivity contribution is -0.117. The first-order valence-electron chi connectivity index (χ1n) is 13.3. The Kier molecular flexibility index (Phi) is 6.49. The molecule has 1 fully saturated rings. The number of carbonyl (C=O) groups excluding carboxylic acids is 1. The van der Waals surface area contributed by atoms with Crippen molar-refractivity contribution >= 4 is 23.1 Å². The first-order valence-corrected chi connectivity index (χ1v) is 13.7. The normalized spacial score (nSPS) is 20.1. The maximum atomic E-state index is 16.3. The van der Waals surface area contributed by atoms with Gasteiger partial charge in [-0.15, -0.1) is 0 Å². The van der Waals surface area contributed by atoms with Gasteiger partial charge in [-0.2, -0.15) is 4.98 Å². The molecular weight excluding hydrogens is 493 g/mol. The molecule has 194 valence electrons. The molecule has 0 unspecified atom stereocenters. The first-order chi connectivity index (χ1) is 17.9. The van der Waals surface area contributed by atoms with Crippen LogP contribution in [0, 0.1) is 5.82 Å². The SMILES string of the molecule is CCCC1=C(C2=C(C)CCNC2=O)CCc2cnc(Oc3nc(Cl)nc4c3CN(C3CC3)CC4)c(F)c21. The molecule has 0 radical (unpaired) electrons.